The third-order valence-electron chi connectivity index (χ3n) is 5.90. The third kappa shape index (κ3) is 3.64. The first-order valence-electron chi connectivity index (χ1n) is 9.02. The normalized spacial score (nSPS) is 24.5. The quantitative estimate of drug-likeness (QED) is 0.722. The molecule has 1 unspecified atom stereocenters. The number of hydrogen-bond donors (Lipinski definition) is 1. The van der Waals surface area contributed by atoms with Gasteiger partial charge in [0.15, 0.2) is 0 Å². The van der Waals surface area contributed by atoms with Gasteiger partial charge in [-0.1, -0.05) is 0 Å². The standard InChI is InChI=1S/C22H28O2Se/c1-14-12-17-18(22(4,5)11-10-21(17,2)3)13-19(14)25-16-8-6-15(7-9-16)20(23)24/h6-9,12,19H,10-11,13H2,1-5H3,(H,23,24). The van der Waals surface area contributed by atoms with E-state index in [4.69, 9.17) is 5.11 Å². The minimum atomic E-state index is -0.853. The van der Waals surface area contributed by atoms with E-state index in [0.29, 0.717) is 30.8 Å². The van der Waals surface area contributed by atoms with Gasteiger partial charge in [-0.2, -0.15) is 0 Å². The van der Waals surface area contributed by atoms with Crippen LogP contribution in [-0.4, -0.2) is 26.0 Å². The SMILES string of the molecule is CC1=CC2=C(CC1[Se]c1ccc(C(=O)O)cc1)C(C)(C)CCC2(C)C. The van der Waals surface area contributed by atoms with Crippen molar-refractivity contribution in [2.45, 2.75) is 58.7 Å². The van der Waals surface area contributed by atoms with Crippen LogP contribution in [0.5, 0.6) is 0 Å². The number of carboxylic acids is 1. The molecule has 0 fully saturated rings. The number of carbonyl (C=O) groups is 1. The molecule has 2 aliphatic rings. The van der Waals surface area contributed by atoms with Gasteiger partial charge in [0.2, 0.25) is 0 Å². The zero-order valence-corrected chi connectivity index (χ0v) is 17.6. The van der Waals surface area contributed by atoms with E-state index in [0.717, 1.165) is 6.42 Å². The molecule has 0 saturated carbocycles. The van der Waals surface area contributed by atoms with E-state index < -0.39 is 5.97 Å². The number of carboxylic acid groups (broad SMARTS) is 1. The molecule has 0 aliphatic heterocycles. The van der Waals surface area contributed by atoms with Gasteiger partial charge in [-0.25, -0.2) is 0 Å². The average molecular weight is 403 g/mol. The first kappa shape index (κ1) is 18.5. The van der Waals surface area contributed by atoms with E-state index in [1.165, 1.54) is 22.9 Å². The average Bonchev–Trinajstić information content (AvgIpc) is 2.54. The van der Waals surface area contributed by atoms with Gasteiger partial charge in [0.25, 0.3) is 0 Å². The summed E-state index contributed by atoms with van der Waals surface area (Å²) in [7, 11) is 0. The Bertz CT molecular complexity index is 751. The first-order valence-corrected chi connectivity index (χ1v) is 10.9. The summed E-state index contributed by atoms with van der Waals surface area (Å²) in [5, 5.41) is 9.07. The van der Waals surface area contributed by atoms with E-state index in [1.807, 2.05) is 12.1 Å². The Balaban J connectivity index is 1.86. The van der Waals surface area contributed by atoms with Crippen molar-refractivity contribution in [1.82, 2.24) is 0 Å². The van der Waals surface area contributed by atoms with Crippen molar-refractivity contribution in [3.05, 3.63) is 52.6 Å². The molecule has 0 saturated heterocycles. The molecule has 0 spiro atoms. The Kier molecular flexibility index (Phi) is 4.77. The van der Waals surface area contributed by atoms with E-state index >= 15 is 0 Å². The van der Waals surface area contributed by atoms with Crippen molar-refractivity contribution in [2.24, 2.45) is 10.8 Å². The Morgan fingerprint density at radius 2 is 1.68 bits per heavy atom. The van der Waals surface area contributed by atoms with Gasteiger partial charge in [0, 0.05) is 0 Å². The van der Waals surface area contributed by atoms with Gasteiger partial charge in [0.1, 0.15) is 0 Å². The molecule has 1 atom stereocenters. The Morgan fingerprint density at radius 1 is 1.08 bits per heavy atom. The number of aromatic carboxylic acids is 1. The van der Waals surface area contributed by atoms with Crippen molar-refractivity contribution in [3.63, 3.8) is 0 Å². The predicted molar refractivity (Wildman–Crippen MR) is 105 cm³/mol. The second-order valence-electron chi connectivity index (χ2n) is 8.69. The molecule has 3 heteroatoms. The summed E-state index contributed by atoms with van der Waals surface area (Å²) in [6, 6.07) is 7.46. The molecule has 0 radical (unpaired) electrons. The third-order valence-corrected chi connectivity index (χ3v) is 8.76. The fourth-order valence-corrected chi connectivity index (χ4v) is 6.36. The van der Waals surface area contributed by atoms with E-state index in [-0.39, 0.29) is 5.41 Å². The van der Waals surface area contributed by atoms with Crippen LogP contribution in [0, 0.1) is 10.8 Å². The van der Waals surface area contributed by atoms with Crippen molar-refractivity contribution >= 4 is 25.4 Å². The van der Waals surface area contributed by atoms with Crippen LogP contribution < -0.4 is 4.46 Å². The molecule has 1 aromatic carbocycles. The van der Waals surface area contributed by atoms with E-state index in [2.05, 4.69) is 40.7 Å². The summed E-state index contributed by atoms with van der Waals surface area (Å²) in [6.45, 7) is 11.9. The summed E-state index contributed by atoms with van der Waals surface area (Å²) in [4.78, 5) is 11.6. The van der Waals surface area contributed by atoms with Gasteiger partial charge < -0.3 is 0 Å². The molecule has 2 nitrogen and oxygen atoms in total. The molecule has 25 heavy (non-hydrogen) atoms. The van der Waals surface area contributed by atoms with E-state index in [9.17, 15) is 4.79 Å². The summed E-state index contributed by atoms with van der Waals surface area (Å²) < 4.78 is 1.28. The van der Waals surface area contributed by atoms with Crippen LogP contribution in [0.15, 0.2) is 47.1 Å². The second kappa shape index (κ2) is 6.45. The summed E-state index contributed by atoms with van der Waals surface area (Å²) in [6.07, 6.45) is 6.15. The monoisotopic (exact) mass is 404 g/mol. The number of allylic oxidation sites excluding steroid dienone is 4. The molecule has 0 amide bonds. The molecule has 1 aromatic rings. The number of hydrogen-bond acceptors (Lipinski definition) is 1. The molecular weight excluding hydrogens is 375 g/mol. The number of rotatable bonds is 3. The van der Waals surface area contributed by atoms with Crippen molar-refractivity contribution in [1.29, 1.82) is 0 Å². The van der Waals surface area contributed by atoms with Gasteiger partial charge >= 0.3 is 157 Å². The topological polar surface area (TPSA) is 37.3 Å². The maximum atomic E-state index is 11.0. The summed E-state index contributed by atoms with van der Waals surface area (Å²) in [5.74, 6) is -0.853. The van der Waals surface area contributed by atoms with Gasteiger partial charge in [-0.3, -0.25) is 0 Å². The minimum absolute atomic E-state index is 0.285. The molecule has 1 N–H and O–H groups in total. The molecular formula is C22H28O2Se. The zero-order valence-electron chi connectivity index (χ0n) is 15.8. The van der Waals surface area contributed by atoms with Crippen LogP contribution in [0.2, 0.25) is 4.82 Å². The van der Waals surface area contributed by atoms with Crippen molar-refractivity contribution < 1.29 is 9.90 Å². The van der Waals surface area contributed by atoms with Crippen LogP contribution >= 0.6 is 0 Å². The van der Waals surface area contributed by atoms with Crippen LogP contribution in [-0.2, 0) is 0 Å². The van der Waals surface area contributed by atoms with E-state index in [1.54, 1.807) is 23.3 Å². The van der Waals surface area contributed by atoms with Crippen LogP contribution in [0.4, 0.5) is 0 Å². The molecule has 0 aromatic heterocycles. The molecule has 3 rings (SSSR count). The van der Waals surface area contributed by atoms with Gasteiger partial charge in [0.05, 0.1) is 0 Å². The zero-order chi connectivity index (χ0) is 18.4. The van der Waals surface area contributed by atoms with Crippen molar-refractivity contribution in [2.75, 3.05) is 0 Å². The molecule has 0 heterocycles. The Morgan fingerprint density at radius 3 is 2.28 bits per heavy atom. The fourth-order valence-electron chi connectivity index (χ4n) is 3.99. The van der Waals surface area contributed by atoms with Crippen LogP contribution in [0.3, 0.4) is 0 Å². The Labute approximate surface area is 157 Å². The van der Waals surface area contributed by atoms with Crippen molar-refractivity contribution in [3.8, 4) is 0 Å². The Hall–Kier alpha value is -1.31. The fraction of sp³-hybridized carbons (Fsp3) is 0.500. The predicted octanol–water partition coefficient (Wildman–Crippen LogP) is 5.00. The maximum absolute atomic E-state index is 11.0. The van der Waals surface area contributed by atoms with Gasteiger partial charge in [-0.15, -0.1) is 0 Å². The summed E-state index contributed by atoms with van der Waals surface area (Å²) in [5.41, 5.74) is 5.68. The molecule has 2 aliphatic carbocycles. The number of benzene rings is 1. The first-order chi connectivity index (χ1) is 11.6. The molecule has 134 valence electrons. The molecule has 0 bridgehead atoms. The second-order valence-corrected chi connectivity index (χ2v) is 11.4. The summed E-state index contributed by atoms with van der Waals surface area (Å²) >= 11 is 0.327. The van der Waals surface area contributed by atoms with Crippen LogP contribution in [0.1, 0.15) is 64.2 Å². The van der Waals surface area contributed by atoms with Gasteiger partial charge in [-0.05, 0) is 0 Å². The van der Waals surface area contributed by atoms with Crippen LogP contribution in [0.25, 0.3) is 0 Å².